The molecule has 0 aromatic heterocycles. The molecular formula is C43H26O6. The van der Waals surface area contributed by atoms with Gasteiger partial charge in [0.2, 0.25) is 0 Å². The normalized spacial score (nSPS) is 12.1. The second-order valence-electron chi connectivity index (χ2n) is 11.5. The summed E-state index contributed by atoms with van der Waals surface area (Å²) in [5.41, 5.74) is 7.03. The minimum atomic E-state index is -1.00. The summed E-state index contributed by atoms with van der Waals surface area (Å²) >= 11 is 0. The molecule has 0 spiro atoms. The highest BCUT2D eigenvalue weighted by atomic mass is 16.5. The van der Waals surface area contributed by atoms with Gasteiger partial charge in [-0.15, -0.1) is 12.8 Å². The molecule has 6 nitrogen and oxygen atoms in total. The number of carboxylic acid groups (broad SMARTS) is 2. The second kappa shape index (κ2) is 12.3. The van der Waals surface area contributed by atoms with Crippen LogP contribution in [0.4, 0.5) is 0 Å². The molecule has 0 aliphatic heterocycles. The molecule has 1 aliphatic rings. The van der Waals surface area contributed by atoms with Crippen LogP contribution in [0.1, 0.15) is 54.1 Å². The smallest absolute Gasteiger partial charge is 0.335 e. The Morgan fingerprint density at radius 1 is 0.490 bits per heavy atom. The van der Waals surface area contributed by atoms with Crippen LogP contribution >= 0.6 is 0 Å². The molecule has 0 unspecified atom stereocenters. The third kappa shape index (κ3) is 5.44. The molecule has 2 N–H and O–H groups in total. The summed E-state index contributed by atoms with van der Waals surface area (Å²) in [5, 5.41) is 18.5. The van der Waals surface area contributed by atoms with Gasteiger partial charge >= 0.3 is 11.9 Å². The van der Waals surface area contributed by atoms with Crippen LogP contribution in [-0.4, -0.2) is 22.2 Å². The number of hydrogen-bond acceptors (Lipinski definition) is 4. The molecule has 234 valence electrons. The zero-order valence-electron chi connectivity index (χ0n) is 25.9. The lowest BCUT2D eigenvalue weighted by atomic mass is 9.67. The third-order valence-corrected chi connectivity index (χ3v) is 8.72. The fourth-order valence-electron chi connectivity index (χ4n) is 6.45. The minimum absolute atomic E-state index is 0.176. The molecule has 0 fully saturated rings. The van der Waals surface area contributed by atoms with Gasteiger partial charge < -0.3 is 19.7 Å². The Bertz CT molecular complexity index is 2220. The predicted molar refractivity (Wildman–Crippen MR) is 187 cm³/mol. The summed E-state index contributed by atoms with van der Waals surface area (Å²) in [5.74, 6) is 5.74. The van der Waals surface area contributed by atoms with Crippen molar-refractivity contribution in [3.8, 4) is 58.8 Å². The highest BCUT2D eigenvalue weighted by Crippen LogP contribution is 2.56. The van der Waals surface area contributed by atoms with Crippen molar-refractivity contribution in [1.29, 1.82) is 0 Å². The van der Waals surface area contributed by atoms with Crippen LogP contribution < -0.4 is 9.47 Å². The van der Waals surface area contributed by atoms with E-state index in [9.17, 15) is 19.8 Å². The summed E-state index contributed by atoms with van der Waals surface area (Å²) in [4.78, 5) is 22.6. The zero-order chi connectivity index (χ0) is 34.1. The summed E-state index contributed by atoms with van der Waals surface area (Å²) in [6.07, 6.45) is 11.8. The summed E-state index contributed by atoms with van der Waals surface area (Å²) in [6, 6.07) is 40.2. The van der Waals surface area contributed by atoms with E-state index >= 15 is 0 Å². The van der Waals surface area contributed by atoms with Gasteiger partial charge in [0.1, 0.15) is 23.0 Å². The number of ether oxygens (including phenoxy) is 2. The van der Waals surface area contributed by atoms with E-state index in [1.807, 2.05) is 78.9 Å². The lowest BCUT2D eigenvalue weighted by Gasteiger charge is -2.34. The Hall–Kier alpha value is -7.02. The van der Waals surface area contributed by atoms with Gasteiger partial charge in [0.05, 0.1) is 16.5 Å². The predicted octanol–water partition coefficient (Wildman–Crippen LogP) is 8.99. The van der Waals surface area contributed by atoms with Gasteiger partial charge in [-0.2, -0.15) is 0 Å². The highest BCUT2D eigenvalue weighted by molar-refractivity contribution is 5.89. The molecule has 7 rings (SSSR count). The first-order valence-corrected chi connectivity index (χ1v) is 15.3. The average molecular weight is 639 g/mol. The van der Waals surface area contributed by atoms with Gasteiger partial charge in [-0.1, -0.05) is 48.2 Å². The lowest BCUT2D eigenvalue weighted by molar-refractivity contribution is 0.0686. The molecule has 49 heavy (non-hydrogen) atoms. The number of aromatic carboxylic acids is 2. The number of fused-ring (bicyclic) bond motifs is 3. The van der Waals surface area contributed by atoms with Gasteiger partial charge in [0, 0.05) is 11.1 Å². The average Bonchev–Trinajstić information content (AvgIpc) is 3.42. The van der Waals surface area contributed by atoms with E-state index in [-0.39, 0.29) is 11.1 Å². The van der Waals surface area contributed by atoms with E-state index in [0.29, 0.717) is 23.0 Å². The van der Waals surface area contributed by atoms with Crippen LogP contribution in [0.2, 0.25) is 0 Å². The van der Waals surface area contributed by atoms with E-state index in [0.717, 1.165) is 44.5 Å². The highest BCUT2D eigenvalue weighted by Gasteiger charge is 2.46. The largest absolute Gasteiger partial charge is 0.478 e. The van der Waals surface area contributed by atoms with Crippen LogP contribution in [0, 0.1) is 24.7 Å². The van der Waals surface area contributed by atoms with Gasteiger partial charge in [-0.25, -0.2) is 9.59 Å². The van der Waals surface area contributed by atoms with Crippen LogP contribution in [0.25, 0.3) is 11.1 Å². The Kier molecular flexibility index (Phi) is 7.69. The van der Waals surface area contributed by atoms with Crippen molar-refractivity contribution in [1.82, 2.24) is 0 Å². The van der Waals surface area contributed by atoms with Gasteiger partial charge in [0.15, 0.2) is 0 Å². The first kappa shape index (κ1) is 30.6. The monoisotopic (exact) mass is 638 g/mol. The van der Waals surface area contributed by atoms with Crippen molar-refractivity contribution in [2.24, 2.45) is 0 Å². The van der Waals surface area contributed by atoms with Crippen molar-refractivity contribution < 1.29 is 29.3 Å². The van der Waals surface area contributed by atoms with Gasteiger partial charge in [0.25, 0.3) is 0 Å². The first-order valence-electron chi connectivity index (χ1n) is 15.3. The van der Waals surface area contributed by atoms with Gasteiger partial charge in [-0.05, 0) is 130 Å². The zero-order valence-corrected chi connectivity index (χ0v) is 25.9. The SMILES string of the molecule is C#Cc1ccc2c(c1)-c1ccc(C#C)cc1C2(c1ccc(Oc2ccc(C(=O)O)cc2)cc1)c1ccc(Oc2ccc(C(=O)O)cc2)cc1. The molecule has 0 bridgehead atoms. The number of terminal acetylenes is 2. The molecule has 0 radical (unpaired) electrons. The number of hydrogen-bond donors (Lipinski definition) is 2. The molecule has 0 amide bonds. The van der Waals surface area contributed by atoms with E-state index < -0.39 is 17.4 Å². The van der Waals surface area contributed by atoms with E-state index in [4.69, 9.17) is 22.3 Å². The molecule has 1 aliphatic carbocycles. The number of benzene rings is 6. The second-order valence-corrected chi connectivity index (χ2v) is 11.5. The topological polar surface area (TPSA) is 93.1 Å². The lowest BCUT2D eigenvalue weighted by Crippen LogP contribution is -2.28. The van der Waals surface area contributed by atoms with Crippen LogP contribution in [-0.2, 0) is 5.41 Å². The van der Waals surface area contributed by atoms with E-state index in [1.165, 1.54) is 24.3 Å². The summed E-state index contributed by atoms with van der Waals surface area (Å²) in [7, 11) is 0. The molecule has 0 atom stereocenters. The quantitative estimate of drug-likeness (QED) is 0.161. The fraction of sp³-hybridized carbons (Fsp3) is 0.0233. The van der Waals surface area contributed by atoms with Crippen molar-refractivity contribution >= 4 is 11.9 Å². The fourth-order valence-corrected chi connectivity index (χ4v) is 6.45. The van der Waals surface area contributed by atoms with Crippen LogP contribution in [0.3, 0.4) is 0 Å². The standard InChI is InChI=1S/C43H26O6/c1-3-27-6-24-39-38(25-27)37-23-5-28(4-2)26-40(37)43(39,31-11-19-35(20-12-31)48-33-15-7-29(8-16-33)41(44)45)32-13-21-36(22-14-32)49-34-17-9-30(10-18-34)42(46)47/h1-2,5-26H,(H,44,45)(H,46,47). The molecule has 0 saturated carbocycles. The maximum atomic E-state index is 11.3. The van der Waals surface area contributed by atoms with Gasteiger partial charge in [-0.3, -0.25) is 0 Å². The van der Waals surface area contributed by atoms with Crippen LogP contribution in [0.5, 0.6) is 23.0 Å². The molecule has 6 heteroatoms. The first-order chi connectivity index (χ1) is 23.8. The maximum Gasteiger partial charge on any atom is 0.335 e. The van der Waals surface area contributed by atoms with E-state index in [2.05, 4.69) is 17.9 Å². The number of rotatable bonds is 8. The molecule has 6 aromatic rings. The number of carboxylic acids is 2. The van der Waals surface area contributed by atoms with Crippen molar-refractivity contribution in [3.63, 3.8) is 0 Å². The Labute approximate surface area is 282 Å². The Morgan fingerprint density at radius 2 is 0.898 bits per heavy atom. The summed E-state index contributed by atoms with van der Waals surface area (Å²) < 4.78 is 12.2. The minimum Gasteiger partial charge on any atom is -0.478 e. The molecular weight excluding hydrogens is 612 g/mol. The van der Waals surface area contributed by atoms with Crippen molar-refractivity contribution in [2.45, 2.75) is 5.41 Å². The molecule has 6 aromatic carbocycles. The Balaban J connectivity index is 1.35. The molecule has 0 heterocycles. The van der Waals surface area contributed by atoms with Crippen molar-refractivity contribution in [2.75, 3.05) is 0 Å². The maximum absolute atomic E-state index is 11.3. The van der Waals surface area contributed by atoms with Crippen LogP contribution in [0.15, 0.2) is 133 Å². The number of carbonyl (C=O) groups is 2. The Morgan fingerprint density at radius 3 is 1.33 bits per heavy atom. The summed E-state index contributed by atoms with van der Waals surface area (Å²) in [6.45, 7) is 0. The molecule has 0 saturated heterocycles. The van der Waals surface area contributed by atoms with E-state index in [1.54, 1.807) is 24.3 Å². The third-order valence-electron chi connectivity index (χ3n) is 8.72. The van der Waals surface area contributed by atoms with Crippen molar-refractivity contribution in [3.05, 3.63) is 178 Å².